The Morgan fingerprint density at radius 2 is 1.66 bits per heavy atom. The van der Waals surface area contributed by atoms with Crippen molar-refractivity contribution in [1.29, 1.82) is 0 Å². The van der Waals surface area contributed by atoms with E-state index in [2.05, 4.69) is 10.0 Å². The van der Waals surface area contributed by atoms with E-state index in [0.717, 1.165) is 31.2 Å². The summed E-state index contributed by atoms with van der Waals surface area (Å²) in [6.45, 7) is 1.68. The highest BCUT2D eigenvalue weighted by molar-refractivity contribution is 7.89. The molecule has 0 fully saturated rings. The predicted octanol–water partition coefficient (Wildman–Crippen LogP) is 3.47. The molecule has 2 N–H and O–H groups in total. The van der Waals surface area contributed by atoms with Crippen molar-refractivity contribution in [3.8, 4) is 0 Å². The maximum Gasteiger partial charge on any atom is 0.240 e. The zero-order valence-corrected chi connectivity index (χ0v) is 17.3. The summed E-state index contributed by atoms with van der Waals surface area (Å²) >= 11 is 0. The fraction of sp³-hybridized carbons (Fsp3) is 0.364. The molecule has 1 amide bonds. The van der Waals surface area contributed by atoms with Gasteiger partial charge in [-0.25, -0.2) is 13.1 Å². The molecule has 0 saturated heterocycles. The standard InChI is InChI=1S/C22H26N2O4S/c1-16(25)17-8-11-20(12-9-17)24-22(26)7-4-14-23-29(27,28)21-13-10-18-5-2-3-6-19(18)15-21/h8-13,15,23H,2-7,14H2,1H3,(H,24,26). The van der Waals surface area contributed by atoms with Crippen molar-refractivity contribution in [3.05, 3.63) is 59.2 Å². The Bertz CT molecular complexity index is 998. The zero-order valence-electron chi connectivity index (χ0n) is 16.5. The molecule has 2 aromatic rings. The molecule has 1 aliphatic carbocycles. The van der Waals surface area contributed by atoms with Gasteiger partial charge in [0.25, 0.3) is 0 Å². The van der Waals surface area contributed by atoms with E-state index >= 15 is 0 Å². The summed E-state index contributed by atoms with van der Waals surface area (Å²) < 4.78 is 27.6. The lowest BCUT2D eigenvalue weighted by molar-refractivity contribution is -0.116. The number of carbonyl (C=O) groups is 2. The third-order valence-electron chi connectivity index (χ3n) is 5.08. The maximum atomic E-state index is 12.5. The Balaban J connectivity index is 1.46. The van der Waals surface area contributed by atoms with Gasteiger partial charge in [-0.05, 0) is 86.6 Å². The van der Waals surface area contributed by atoms with Crippen LogP contribution in [0.3, 0.4) is 0 Å². The smallest absolute Gasteiger partial charge is 0.240 e. The molecule has 6 nitrogen and oxygen atoms in total. The molecular formula is C22H26N2O4S. The summed E-state index contributed by atoms with van der Waals surface area (Å²) in [5.74, 6) is -0.234. The van der Waals surface area contributed by atoms with Crippen LogP contribution >= 0.6 is 0 Å². The maximum absolute atomic E-state index is 12.5. The number of sulfonamides is 1. The molecule has 0 aliphatic heterocycles. The van der Waals surface area contributed by atoms with Crippen molar-refractivity contribution in [1.82, 2.24) is 4.72 Å². The van der Waals surface area contributed by atoms with Gasteiger partial charge in [0.1, 0.15) is 0 Å². The van der Waals surface area contributed by atoms with Gasteiger partial charge in [-0.3, -0.25) is 9.59 Å². The first kappa shape index (κ1) is 21.2. The molecule has 154 valence electrons. The molecule has 0 unspecified atom stereocenters. The first-order valence-corrected chi connectivity index (χ1v) is 11.4. The van der Waals surface area contributed by atoms with Crippen LogP contribution in [0.1, 0.15) is 54.1 Å². The second-order valence-corrected chi connectivity index (χ2v) is 9.09. The minimum atomic E-state index is -3.58. The van der Waals surface area contributed by atoms with Crippen LogP contribution in [0, 0.1) is 0 Å². The van der Waals surface area contributed by atoms with Gasteiger partial charge < -0.3 is 5.32 Å². The predicted molar refractivity (Wildman–Crippen MR) is 113 cm³/mol. The van der Waals surface area contributed by atoms with Gasteiger partial charge in [0.2, 0.25) is 15.9 Å². The molecule has 0 atom stereocenters. The lowest BCUT2D eigenvalue weighted by atomic mass is 9.92. The molecule has 0 spiro atoms. The normalized spacial score (nSPS) is 13.6. The van der Waals surface area contributed by atoms with Crippen LogP contribution in [0.2, 0.25) is 0 Å². The number of ketones is 1. The van der Waals surface area contributed by atoms with E-state index < -0.39 is 10.0 Å². The van der Waals surface area contributed by atoms with E-state index in [4.69, 9.17) is 0 Å². The second-order valence-electron chi connectivity index (χ2n) is 7.32. The van der Waals surface area contributed by atoms with Crippen molar-refractivity contribution in [3.63, 3.8) is 0 Å². The van der Waals surface area contributed by atoms with Crippen LogP contribution < -0.4 is 10.0 Å². The largest absolute Gasteiger partial charge is 0.326 e. The number of rotatable bonds is 8. The quantitative estimate of drug-likeness (QED) is 0.511. The van der Waals surface area contributed by atoms with Crippen LogP contribution in [-0.2, 0) is 27.7 Å². The summed E-state index contributed by atoms with van der Waals surface area (Å²) in [6.07, 6.45) is 4.77. The van der Waals surface area contributed by atoms with Gasteiger partial charge in [0, 0.05) is 24.2 Å². The monoisotopic (exact) mass is 414 g/mol. The summed E-state index contributed by atoms with van der Waals surface area (Å²) in [5, 5.41) is 2.74. The Kier molecular flexibility index (Phi) is 6.82. The first-order chi connectivity index (χ1) is 13.8. The fourth-order valence-electron chi connectivity index (χ4n) is 3.43. The highest BCUT2D eigenvalue weighted by Crippen LogP contribution is 2.24. The van der Waals surface area contributed by atoms with E-state index in [0.29, 0.717) is 17.7 Å². The molecule has 7 heteroatoms. The van der Waals surface area contributed by atoms with Gasteiger partial charge in [-0.15, -0.1) is 0 Å². The summed E-state index contributed by atoms with van der Waals surface area (Å²) in [5.41, 5.74) is 3.55. The fourth-order valence-corrected chi connectivity index (χ4v) is 4.55. The SMILES string of the molecule is CC(=O)c1ccc(NC(=O)CCCNS(=O)(=O)c2ccc3c(c2)CCCC3)cc1. The molecule has 29 heavy (non-hydrogen) atoms. The Hall–Kier alpha value is -2.51. The van der Waals surface area contributed by atoms with E-state index in [9.17, 15) is 18.0 Å². The van der Waals surface area contributed by atoms with Gasteiger partial charge >= 0.3 is 0 Å². The van der Waals surface area contributed by atoms with E-state index in [-0.39, 0.29) is 29.6 Å². The molecule has 3 rings (SSSR count). The summed E-state index contributed by atoms with van der Waals surface area (Å²) in [7, 11) is -3.58. The molecule has 0 heterocycles. The highest BCUT2D eigenvalue weighted by Gasteiger charge is 2.17. The lowest BCUT2D eigenvalue weighted by Gasteiger charge is -2.16. The average Bonchev–Trinajstić information content (AvgIpc) is 2.71. The second kappa shape index (κ2) is 9.33. The topological polar surface area (TPSA) is 92.3 Å². The Morgan fingerprint density at radius 3 is 2.34 bits per heavy atom. The number of aryl methyl sites for hydroxylation is 2. The van der Waals surface area contributed by atoms with Crippen LogP contribution in [-0.4, -0.2) is 26.7 Å². The van der Waals surface area contributed by atoms with Crippen LogP contribution in [0.15, 0.2) is 47.4 Å². The molecule has 0 radical (unpaired) electrons. The molecule has 2 aromatic carbocycles. The number of anilines is 1. The van der Waals surface area contributed by atoms with Crippen LogP contribution in [0.5, 0.6) is 0 Å². The Labute approximate surface area is 171 Å². The number of hydrogen-bond acceptors (Lipinski definition) is 4. The van der Waals surface area contributed by atoms with Crippen molar-refractivity contribution < 1.29 is 18.0 Å². The average molecular weight is 415 g/mol. The summed E-state index contributed by atoms with van der Waals surface area (Å²) in [4.78, 5) is 23.6. The number of fused-ring (bicyclic) bond motifs is 1. The van der Waals surface area contributed by atoms with Gasteiger partial charge in [-0.1, -0.05) is 6.07 Å². The number of amides is 1. The van der Waals surface area contributed by atoms with Crippen LogP contribution in [0.4, 0.5) is 5.69 Å². The van der Waals surface area contributed by atoms with E-state index in [1.165, 1.54) is 12.5 Å². The zero-order chi connectivity index (χ0) is 20.9. The minimum absolute atomic E-state index is 0.0333. The number of carbonyl (C=O) groups excluding carboxylic acids is 2. The van der Waals surface area contributed by atoms with Gasteiger partial charge in [0.05, 0.1) is 4.90 Å². The Morgan fingerprint density at radius 1 is 0.966 bits per heavy atom. The highest BCUT2D eigenvalue weighted by atomic mass is 32.2. The van der Waals surface area contributed by atoms with Gasteiger partial charge in [-0.2, -0.15) is 0 Å². The molecule has 1 aliphatic rings. The van der Waals surface area contributed by atoms with Crippen LogP contribution in [0.25, 0.3) is 0 Å². The molecule has 0 aromatic heterocycles. The summed E-state index contributed by atoms with van der Waals surface area (Å²) in [6, 6.07) is 12.0. The van der Waals surface area contributed by atoms with Crippen molar-refractivity contribution in [2.75, 3.05) is 11.9 Å². The number of hydrogen-bond donors (Lipinski definition) is 2. The minimum Gasteiger partial charge on any atom is -0.326 e. The number of Topliss-reactive ketones (excluding diaryl/α,β-unsaturated/α-hetero) is 1. The van der Waals surface area contributed by atoms with Crippen molar-refractivity contribution in [2.45, 2.75) is 50.3 Å². The van der Waals surface area contributed by atoms with E-state index in [1.54, 1.807) is 36.4 Å². The van der Waals surface area contributed by atoms with Crippen molar-refractivity contribution in [2.24, 2.45) is 0 Å². The molecular weight excluding hydrogens is 388 g/mol. The van der Waals surface area contributed by atoms with Gasteiger partial charge in [0.15, 0.2) is 5.78 Å². The lowest BCUT2D eigenvalue weighted by Crippen LogP contribution is -2.26. The number of benzene rings is 2. The van der Waals surface area contributed by atoms with Crippen molar-refractivity contribution >= 4 is 27.4 Å². The number of nitrogens with one attached hydrogen (secondary N) is 2. The first-order valence-electron chi connectivity index (χ1n) is 9.87. The molecule has 0 saturated carbocycles. The molecule has 0 bridgehead atoms. The van der Waals surface area contributed by atoms with E-state index in [1.807, 2.05) is 6.07 Å². The third-order valence-corrected chi connectivity index (χ3v) is 6.54. The third kappa shape index (κ3) is 5.74.